The number of hydrogen-bond acceptors (Lipinski definition) is 9. The van der Waals surface area contributed by atoms with Gasteiger partial charge in [0.1, 0.15) is 15.0 Å². The molecule has 6 aromatic heterocycles. The summed E-state index contributed by atoms with van der Waals surface area (Å²) in [5, 5.41) is 2.84. The lowest BCUT2D eigenvalue weighted by Crippen LogP contribution is -1.90. The van der Waals surface area contributed by atoms with Gasteiger partial charge in [-0.1, -0.05) is 36.4 Å². The van der Waals surface area contributed by atoms with E-state index in [0.717, 1.165) is 95.7 Å². The number of thiazole rings is 3. The van der Waals surface area contributed by atoms with Gasteiger partial charge in [-0.25, -0.2) is 15.0 Å². The Morgan fingerprint density at radius 2 is 0.569 bits per heavy atom. The number of pyridine rings is 3. The van der Waals surface area contributed by atoms with Gasteiger partial charge in [0, 0.05) is 70.6 Å². The fourth-order valence-electron chi connectivity index (χ4n) is 6.26. The lowest BCUT2D eigenvalue weighted by atomic mass is 9.94. The largest absolute Gasteiger partial charge is 0.263 e. The Morgan fingerprint density at radius 3 is 0.882 bits per heavy atom. The van der Waals surface area contributed by atoms with Crippen molar-refractivity contribution in [3.8, 4) is 65.1 Å². The van der Waals surface area contributed by atoms with Crippen LogP contribution in [-0.4, -0.2) is 29.9 Å². The SMILES string of the molecule is c1ccc2sc(-c3cncc(-c4cc(-c5cncc(-c6nc7ccccc7s6)c5)cc(-c5cncc(-c6nc7ccccc7s6)c5)c4)c3)nc2c1. The molecule has 240 valence electrons. The van der Waals surface area contributed by atoms with E-state index in [2.05, 4.69) is 87.7 Å². The highest BCUT2D eigenvalue weighted by Gasteiger charge is 2.15. The Balaban J connectivity index is 1.11. The van der Waals surface area contributed by atoms with Crippen molar-refractivity contribution in [3.63, 3.8) is 0 Å². The summed E-state index contributed by atoms with van der Waals surface area (Å²) >= 11 is 5.04. The molecule has 0 atom stereocenters. The quantitative estimate of drug-likeness (QED) is 0.171. The Kier molecular flexibility index (Phi) is 7.26. The summed E-state index contributed by atoms with van der Waals surface area (Å²) in [7, 11) is 0. The minimum absolute atomic E-state index is 0.947. The molecule has 0 aliphatic carbocycles. The molecule has 6 nitrogen and oxygen atoms in total. The molecular formula is C42H24N6S3. The van der Waals surface area contributed by atoms with E-state index in [-0.39, 0.29) is 0 Å². The van der Waals surface area contributed by atoms with Gasteiger partial charge >= 0.3 is 0 Å². The first kappa shape index (κ1) is 29.9. The van der Waals surface area contributed by atoms with E-state index in [9.17, 15) is 0 Å². The first-order valence-electron chi connectivity index (χ1n) is 16.3. The van der Waals surface area contributed by atoms with E-state index >= 15 is 0 Å². The molecule has 0 aliphatic heterocycles. The third-order valence-corrected chi connectivity index (χ3v) is 12.0. The zero-order chi connectivity index (χ0) is 33.7. The van der Waals surface area contributed by atoms with Crippen LogP contribution < -0.4 is 0 Å². The van der Waals surface area contributed by atoms with Gasteiger partial charge in [-0.3, -0.25) is 15.0 Å². The van der Waals surface area contributed by atoms with E-state index < -0.39 is 0 Å². The Morgan fingerprint density at radius 1 is 0.294 bits per heavy atom. The number of fused-ring (bicyclic) bond motifs is 3. The number of aromatic nitrogens is 6. The van der Waals surface area contributed by atoms with Gasteiger partial charge in [0.05, 0.1) is 30.6 Å². The van der Waals surface area contributed by atoms with Crippen LogP contribution in [-0.2, 0) is 0 Å². The number of hydrogen-bond donors (Lipinski definition) is 0. The number of nitrogens with zero attached hydrogens (tertiary/aromatic N) is 6. The maximum atomic E-state index is 4.91. The van der Waals surface area contributed by atoms with Crippen LogP contribution >= 0.6 is 34.0 Å². The Labute approximate surface area is 304 Å². The number of rotatable bonds is 6. The van der Waals surface area contributed by atoms with Crippen molar-refractivity contribution in [1.82, 2.24) is 29.9 Å². The summed E-state index contributed by atoms with van der Waals surface area (Å²) in [6.45, 7) is 0. The van der Waals surface area contributed by atoms with Crippen molar-refractivity contribution in [2.45, 2.75) is 0 Å². The van der Waals surface area contributed by atoms with E-state index in [1.54, 1.807) is 34.0 Å². The number of benzene rings is 4. The summed E-state index contributed by atoms with van der Waals surface area (Å²) in [6, 6.07) is 37.9. The van der Waals surface area contributed by atoms with Gasteiger partial charge in [-0.2, -0.15) is 0 Å². The van der Waals surface area contributed by atoms with Crippen LogP contribution in [0.3, 0.4) is 0 Å². The molecule has 10 rings (SSSR count). The molecule has 0 unspecified atom stereocenters. The summed E-state index contributed by atoms with van der Waals surface area (Å²) < 4.78 is 3.47. The second-order valence-electron chi connectivity index (χ2n) is 12.1. The molecule has 0 N–H and O–H groups in total. The van der Waals surface area contributed by atoms with Crippen molar-refractivity contribution in [3.05, 3.63) is 146 Å². The van der Waals surface area contributed by atoms with Gasteiger partial charge in [0.25, 0.3) is 0 Å². The van der Waals surface area contributed by atoms with Crippen LogP contribution in [0.1, 0.15) is 0 Å². The normalized spacial score (nSPS) is 11.5. The first-order chi connectivity index (χ1) is 25.2. The van der Waals surface area contributed by atoms with Crippen LogP contribution in [0.15, 0.2) is 146 Å². The highest BCUT2D eigenvalue weighted by molar-refractivity contribution is 7.22. The fourth-order valence-corrected chi connectivity index (χ4v) is 9.10. The van der Waals surface area contributed by atoms with Crippen molar-refractivity contribution in [2.75, 3.05) is 0 Å². The van der Waals surface area contributed by atoms with Gasteiger partial charge in [-0.15, -0.1) is 34.0 Å². The molecule has 0 aliphatic rings. The molecule has 0 spiro atoms. The zero-order valence-corrected chi connectivity index (χ0v) is 29.2. The first-order valence-corrected chi connectivity index (χ1v) is 18.7. The molecule has 0 saturated heterocycles. The monoisotopic (exact) mass is 708 g/mol. The molecule has 10 aromatic rings. The fraction of sp³-hybridized carbons (Fsp3) is 0. The number of para-hydroxylation sites is 3. The minimum Gasteiger partial charge on any atom is -0.263 e. The third kappa shape index (κ3) is 5.67. The van der Waals surface area contributed by atoms with Gasteiger partial charge in [-0.05, 0) is 89.5 Å². The van der Waals surface area contributed by atoms with Crippen molar-refractivity contribution in [1.29, 1.82) is 0 Å². The van der Waals surface area contributed by atoms with Crippen molar-refractivity contribution in [2.24, 2.45) is 0 Å². The van der Waals surface area contributed by atoms with Gasteiger partial charge in [0.2, 0.25) is 0 Å². The van der Waals surface area contributed by atoms with Gasteiger partial charge in [0.15, 0.2) is 0 Å². The summed E-state index contributed by atoms with van der Waals surface area (Å²) in [4.78, 5) is 28.8. The minimum atomic E-state index is 0.947. The van der Waals surface area contributed by atoms with Crippen molar-refractivity contribution < 1.29 is 0 Å². The Hall–Kier alpha value is -6.00. The van der Waals surface area contributed by atoms with Crippen LogP contribution in [0.4, 0.5) is 0 Å². The van der Waals surface area contributed by atoms with E-state index in [0.29, 0.717) is 0 Å². The molecule has 9 heteroatoms. The maximum Gasteiger partial charge on any atom is 0.126 e. The molecule has 0 bridgehead atoms. The average molecular weight is 709 g/mol. The third-order valence-electron chi connectivity index (χ3n) is 8.77. The molecule has 4 aromatic carbocycles. The molecule has 0 amide bonds. The van der Waals surface area contributed by atoms with Crippen molar-refractivity contribution >= 4 is 64.7 Å². The average Bonchev–Trinajstić information content (AvgIpc) is 3.95. The molecule has 51 heavy (non-hydrogen) atoms. The van der Waals surface area contributed by atoms with Crippen LogP contribution in [0, 0.1) is 0 Å². The highest BCUT2D eigenvalue weighted by Crippen LogP contribution is 2.38. The smallest absolute Gasteiger partial charge is 0.126 e. The zero-order valence-electron chi connectivity index (χ0n) is 26.8. The second kappa shape index (κ2) is 12.4. The molecular weight excluding hydrogens is 685 g/mol. The second-order valence-corrected chi connectivity index (χ2v) is 15.2. The van der Waals surface area contributed by atoms with E-state index in [4.69, 9.17) is 15.0 Å². The van der Waals surface area contributed by atoms with Crippen LogP contribution in [0.2, 0.25) is 0 Å². The summed E-state index contributed by atoms with van der Waals surface area (Å²) in [5.74, 6) is 0. The lowest BCUT2D eigenvalue weighted by molar-refractivity contribution is 1.31. The highest BCUT2D eigenvalue weighted by atomic mass is 32.1. The molecule has 0 fully saturated rings. The summed E-state index contributed by atoms with van der Waals surface area (Å²) in [6.07, 6.45) is 11.4. The molecule has 0 saturated carbocycles. The topological polar surface area (TPSA) is 77.3 Å². The standard InChI is InChI=1S/C42H24N6S3/c1-4-10-37-34(7-1)46-40(49-37)31-16-28(19-43-22-31)25-13-26(29-17-32(23-44-20-29)41-47-35-8-2-5-11-38(35)50-41)15-27(14-25)30-18-33(24-45-21-30)42-48-36-9-3-6-12-39(36)51-42/h1-24H. The van der Waals surface area contributed by atoms with Crippen LogP contribution in [0.5, 0.6) is 0 Å². The predicted molar refractivity (Wildman–Crippen MR) is 212 cm³/mol. The van der Waals surface area contributed by atoms with E-state index in [1.165, 1.54) is 0 Å². The van der Waals surface area contributed by atoms with Crippen LogP contribution in [0.25, 0.3) is 95.7 Å². The van der Waals surface area contributed by atoms with E-state index in [1.807, 2.05) is 73.6 Å². The molecule has 6 heterocycles. The summed E-state index contributed by atoms with van der Waals surface area (Å²) in [5.41, 5.74) is 12.0. The maximum absolute atomic E-state index is 4.91. The predicted octanol–water partition coefficient (Wildman–Crippen LogP) is 11.7. The Bertz CT molecular complexity index is 2480. The lowest BCUT2D eigenvalue weighted by Gasteiger charge is -2.12. The van der Waals surface area contributed by atoms with Gasteiger partial charge < -0.3 is 0 Å². The molecule has 0 radical (unpaired) electrons.